The number of hydrogen-bond donors (Lipinski definition) is 1. The van der Waals surface area contributed by atoms with Crippen LogP contribution >= 0.6 is 0 Å². The summed E-state index contributed by atoms with van der Waals surface area (Å²) in [5, 5.41) is 3.55. The van der Waals surface area contributed by atoms with Crippen molar-refractivity contribution in [1.82, 2.24) is 10.3 Å². The zero-order chi connectivity index (χ0) is 12.6. The zero-order valence-electron chi connectivity index (χ0n) is 11.1. The second-order valence-electron chi connectivity index (χ2n) is 4.64. The summed E-state index contributed by atoms with van der Waals surface area (Å²) in [5.41, 5.74) is 2.57. The number of hydrogen-bond acceptors (Lipinski definition) is 3. The van der Waals surface area contributed by atoms with Crippen LogP contribution in [-0.2, 0) is 11.2 Å². The van der Waals surface area contributed by atoms with E-state index in [2.05, 4.69) is 23.3 Å². The van der Waals surface area contributed by atoms with E-state index in [0.29, 0.717) is 6.04 Å². The maximum atomic E-state index is 5.44. The number of pyridine rings is 1. The largest absolute Gasteiger partial charge is 0.501 e. The van der Waals surface area contributed by atoms with Crippen LogP contribution in [0.4, 0.5) is 0 Å². The molecule has 98 valence electrons. The van der Waals surface area contributed by atoms with E-state index < -0.39 is 0 Å². The molecule has 1 aromatic rings. The molecular formula is C15H22N2O. The highest BCUT2D eigenvalue weighted by molar-refractivity contribution is 5.12. The Hall–Kier alpha value is -1.35. The van der Waals surface area contributed by atoms with Gasteiger partial charge in [-0.05, 0) is 49.9 Å². The highest BCUT2D eigenvalue weighted by Gasteiger charge is 2.16. The third-order valence-electron chi connectivity index (χ3n) is 3.28. The fraction of sp³-hybridized carbons (Fsp3) is 0.533. The van der Waals surface area contributed by atoms with Gasteiger partial charge in [-0.3, -0.25) is 4.98 Å². The van der Waals surface area contributed by atoms with Crippen LogP contribution in [0.2, 0.25) is 0 Å². The maximum absolute atomic E-state index is 5.44. The minimum Gasteiger partial charge on any atom is -0.501 e. The molecular weight excluding hydrogens is 224 g/mol. The molecule has 0 spiro atoms. The molecule has 2 heterocycles. The van der Waals surface area contributed by atoms with Gasteiger partial charge in [0.2, 0.25) is 0 Å². The van der Waals surface area contributed by atoms with E-state index >= 15 is 0 Å². The lowest BCUT2D eigenvalue weighted by atomic mass is 9.97. The van der Waals surface area contributed by atoms with Gasteiger partial charge < -0.3 is 10.1 Å². The van der Waals surface area contributed by atoms with Gasteiger partial charge in [0.15, 0.2) is 0 Å². The molecule has 3 heteroatoms. The van der Waals surface area contributed by atoms with Crippen molar-refractivity contribution in [2.45, 2.75) is 38.6 Å². The molecule has 0 aliphatic carbocycles. The van der Waals surface area contributed by atoms with E-state index in [1.165, 1.54) is 5.57 Å². The van der Waals surface area contributed by atoms with Crippen LogP contribution in [-0.4, -0.2) is 24.2 Å². The van der Waals surface area contributed by atoms with Gasteiger partial charge in [0.25, 0.3) is 0 Å². The topological polar surface area (TPSA) is 34.2 Å². The number of nitrogens with one attached hydrogen (secondary N) is 1. The van der Waals surface area contributed by atoms with Crippen molar-refractivity contribution in [3.8, 4) is 0 Å². The lowest BCUT2D eigenvalue weighted by Gasteiger charge is -2.23. The lowest BCUT2D eigenvalue weighted by molar-refractivity contribution is 0.218. The van der Waals surface area contributed by atoms with Crippen molar-refractivity contribution >= 4 is 0 Å². The van der Waals surface area contributed by atoms with Crippen molar-refractivity contribution in [2.24, 2.45) is 0 Å². The van der Waals surface area contributed by atoms with Crippen LogP contribution in [0, 0.1) is 0 Å². The van der Waals surface area contributed by atoms with Crippen molar-refractivity contribution in [2.75, 3.05) is 13.2 Å². The fourth-order valence-corrected chi connectivity index (χ4v) is 2.34. The minimum absolute atomic E-state index is 0.428. The second kappa shape index (κ2) is 7.17. The summed E-state index contributed by atoms with van der Waals surface area (Å²) in [7, 11) is 0. The van der Waals surface area contributed by atoms with Crippen molar-refractivity contribution in [1.29, 1.82) is 0 Å². The number of aromatic nitrogens is 1. The normalized spacial score (nSPS) is 16.8. The van der Waals surface area contributed by atoms with Gasteiger partial charge in [-0.2, -0.15) is 0 Å². The molecule has 0 bridgehead atoms. The van der Waals surface area contributed by atoms with E-state index in [0.717, 1.165) is 44.5 Å². The van der Waals surface area contributed by atoms with Crippen LogP contribution < -0.4 is 5.32 Å². The summed E-state index contributed by atoms with van der Waals surface area (Å²) >= 11 is 0. The zero-order valence-corrected chi connectivity index (χ0v) is 11.1. The summed E-state index contributed by atoms with van der Waals surface area (Å²) in [5.74, 6) is 0. The number of nitrogens with zero attached hydrogens (tertiary/aromatic N) is 1. The Balaban J connectivity index is 1.91. The van der Waals surface area contributed by atoms with E-state index in [4.69, 9.17) is 4.74 Å². The molecule has 1 atom stereocenters. The number of likely N-dealkylation sites (N-methyl/N-ethyl adjacent to an activating group) is 1. The summed E-state index contributed by atoms with van der Waals surface area (Å²) in [6, 6.07) is 6.53. The van der Waals surface area contributed by atoms with E-state index in [9.17, 15) is 0 Å². The van der Waals surface area contributed by atoms with Crippen LogP contribution in [0.5, 0.6) is 0 Å². The van der Waals surface area contributed by atoms with E-state index in [1.807, 2.05) is 24.6 Å². The quantitative estimate of drug-likeness (QED) is 0.838. The van der Waals surface area contributed by atoms with Crippen molar-refractivity contribution < 1.29 is 4.74 Å². The Bertz CT molecular complexity index is 375. The van der Waals surface area contributed by atoms with Gasteiger partial charge in [0.1, 0.15) is 0 Å². The number of ether oxygens (including phenoxy) is 1. The predicted octanol–water partition coefficient (Wildman–Crippen LogP) is 2.69. The Labute approximate surface area is 109 Å². The summed E-state index contributed by atoms with van der Waals surface area (Å²) in [6.07, 6.45) is 8.20. The van der Waals surface area contributed by atoms with Crippen LogP contribution in [0.15, 0.2) is 36.2 Å². The maximum Gasteiger partial charge on any atom is 0.0876 e. The van der Waals surface area contributed by atoms with Gasteiger partial charge in [0, 0.05) is 17.9 Å². The Kier molecular flexibility index (Phi) is 5.21. The lowest BCUT2D eigenvalue weighted by Crippen LogP contribution is -2.32. The standard InChI is InChI=1S/C15H22N2O/c1-2-16-15(13-6-5-11-18-12-13)9-8-14-7-3-4-10-17-14/h3-4,7,10,12,15-16H,2,5-6,8-9,11H2,1H3. The third-order valence-corrected chi connectivity index (χ3v) is 3.28. The summed E-state index contributed by atoms with van der Waals surface area (Å²) in [4.78, 5) is 4.38. The first kappa shape index (κ1) is 13.1. The summed E-state index contributed by atoms with van der Waals surface area (Å²) in [6.45, 7) is 4.00. The molecule has 0 fully saturated rings. The highest BCUT2D eigenvalue weighted by atomic mass is 16.5. The van der Waals surface area contributed by atoms with Crippen LogP contribution in [0.3, 0.4) is 0 Å². The molecule has 1 aliphatic heterocycles. The fourth-order valence-electron chi connectivity index (χ4n) is 2.34. The average Bonchev–Trinajstić information content (AvgIpc) is 2.45. The molecule has 0 saturated heterocycles. The van der Waals surface area contributed by atoms with E-state index in [1.54, 1.807) is 0 Å². The molecule has 18 heavy (non-hydrogen) atoms. The molecule has 0 saturated carbocycles. The van der Waals surface area contributed by atoms with E-state index in [-0.39, 0.29) is 0 Å². The molecule has 0 amide bonds. The average molecular weight is 246 g/mol. The molecule has 0 radical (unpaired) electrons. The first-order valence-electron chi connectivity index (χ1n) is 6.84. The van der Waals surface area contributed by atoms with Gasteiger partial charge in [-0.25, -0.2) is 0 Å². The molecule has 1 N–H and O–H groups in total. The predicted molar refractivity (Wildman–Crippen MR) is 73.3 cm³/mol. The van der Waals surface area contributed by atoms with Gasteiger partial charge in [0.05, 0.1) is 12.9 Å². The van der Waals surface area contributed by atoms with Crippen molar-refractivity contribution in [3.05, 3.63) is 41.9 Å². The summed E-state index contributed by atoms with van der Waals surface area (Å²) < 4.78 is 5.44. The van der Waals surface area contributed by atoms with Gasteiger partial charge >= 0.3 is 0 Å². The minimum atomic E-state index is 0.428. The molecule has 1 unspecified atom stereocenters. The monoisotopic (exact) mass is 246 g/mol. The number of aryl methyl sites for hydroxylation is 1. The van der Waals surface area contributed by atoms with Crippen LogP contribution in [0.25, 0.3) is 0 Å². The molecule has 1 aromatic heterocycles. The van der Waals surface area contributed by atoms with Gasteiger partial charge in [-0.15, -0.1) is 0 Å². The number of rotatable bonds is 6. The molecule has 3 nitrogen and oxygen atoms in total. The first-order valence-corrected chi connectivity index (χ1v) is 6.84. The Morgan fingerprint density at radius 3 is 3.06 bits per heavy atom. The SMILES string of the molecule is CCNC(CCc1ccccn1)C1=COCCC1. The second-order valence-corrected chi connectivity index (χ2v) is 4.64. The molecule has 0 aromatic carbocycles. The molecule has 2 rings (SSSR count). The first-order chi connectivity index (χ1) is 8.90. The van der Waals surface area contributed by atoms with Gasteiger partial charge in [-0.1, -0.05) is 13.0 Å². The Morgan fingerprint density at radius 1 is 1.44 bits per heavy atom. The Morgan fingerprint density at radius 2 is 2.39 bits per heavy atom. The van der Waals surface area contributed by atoms with Crippen LogP contribution in [0.1, 0.15) is 31.9 Å². The molecule has 1 aliphatic rings. The highest BCUT2D eigenvalue weighted by Crippen LogP contribution is 2.19. The third kappa shape index (κ3) is 3.84. The van der Waals surface area contributed by atoms with Crippen molar-refractivity contribution in [3.63, 3.8) is 0 Å². The smallest absolute Gasteiger partial charge is 0.0876 e.